The van der Waals surface area contributed by atoms with Crippen LogP contribution in [0.25, 0.3) is 11.0 Å². The van der Waals surface area contributed by atoms with Gasteiger partial charge in [0.25, 0.3) is 0 Å². The fraction of sp³-hybridized carbons (Fsp3) is 0.435. The molecule has 0 bridgehead atoms. The molecule has 0 radical (unpaired) electrons. The maximum Gasteiger partial charge on any atom is 0.170 e. The molecular formula is C23H27FN2O4. The minimum absolute atomic E-state index is 0.0499. The fourth-order valence-corrected chi connectivity index (χ4v) is 4.15. The topological polar surface area (TPSA) is 79.0 Å². The third-order valence-electron chi connectivity index (χ3n) is 5.78. The predicted molar refractivity (Wildman–Crippen MR) is 111 cm³/mol. The largest absolute Gasteiger partial charge is 0.504 e. The van der Waals surface area contributed by atoms with Gasteiger partial charge in [-0.25, -0.2) is 4.39 Å². The summed E-state index contributed by atoms with van der Waals surface area (Å²) in [6.07, 6.45) is 2.08. The van der Waals surface area contributed by atoms with Crippen LogP contribution in [-0.2, 0) is 0 Å². The fourth-order valence-electron chi connectivity index (χ4n) is 4.15. The first kappa shape index (κ1) is 20.6. The van der Waals surface area contributed by atoms with E-state index in [0.29, 0.717) is 29.4 Å². The van der Waals surface area contributed by atoms with Crippen LogP contribution in [0.1, 0.15) is 49.5 Å². The molecule has 2 heterocycles. The van der Waals surface area contributed by atoms with E-state index >= 15 is 0 Å². The van der Waals surface area contributed by atoms with Crippen molar-refractivity contribution in [3.63, 3.8) is 0 Å². The molecule has 3 aromatic rings. The normalized spacial score (nSPS) is 16.8. The number of hydrogen-bond donors (Lipinski definition) is 2. The molecule has 0 saturated carbocycles. The Morgan fingerprint density at radius 2 is 2.07 bits per heavy atom. The number of hydrogen-bond acceptors (Lipinski definition) is 6. The average molecular weight is 414 g/mol. The van der Waals surface area contributed by atoms with Crippen LogP contribution in [0.5, 0.6) is 11.5 Å². The summed E-state index contributed by atoms with van der Waals surface area (Å²) in [4.78, 5) is 2.39. The van der Waals surface area contributed by atoms with E-state index in [0.717, 1.165) is 50.0 Å². The molecule has 4 rings (SSSR count). The summed E-state index contributed by atoms with van der Waals surface area (Å²) in [7, 11) is 0. The molecule has 1 atom stereocenters. The van der Waals surface area contributed by atoms with E-state index in [1.165, 1.54) is 12.1 Å². The van der Waals surface area contributed by atoms with Crippen molar-refractivity contribution in [3.05, 3.63) is 53.5 Å². The molecule has 0 spiro atoms. The number of ether oxygens (including phenoxy) is 1. The predicted octanol–water partition coefficient (Wildman–Crippen LogP) is 4.37. The number of aliphatic hydroxyl groups excluding tert-OH is 1. The van der Waals surface area contributed by atoms with Crippen molar-refractivity contribution in [2.24, 2.45) is 0 Å². The molecule has 1 unspecified atom stereocenters. The number of para-hydroxylation sites is 1. The van der Waals surface area contributed by atoms with Crippen molar-refractivity contribution in [3.8, 4) is 11.5 Å². The maximum absolute atomic E-state index is 13.3. The number of nitrogens with zero attached hydrogens (tertiary/aromatic N) is 2. The van der Waals surface area contributed by atoms with E-state index in [4.69, 9.17) is 9.26 Å². The van der Waals surface area contributed by atoms with Crippen molar-refractivity contribution >= 4 is 11.0 Å². The number of aromatic hydroxyl groups is 1. The average Bonchev–Trinajstić information content (AvgIpc) is 3.15. The molecule has 1 aromatic heterocycles. The van der Waals surface area contributed by atoms with Crippen LogP contribution in [0.3, 0.4) is 0 Å². The number of aromatic nitrogens is 1. The minimum atomic E-state index is -0.699. The number of phenols is 1. The first-order valence-electron chi connectivity index (χ1n) is 10.4. The Labute approximate surface area is 174 Å². The number of benzene rings is 2. The van der Waals surface area contributed by atoms with Gasteiger partial charge in [0.15, 0.2) is 17.1 Å². The summed E-state index contributed by atoms with van der Waals surface area (Å²) in [5.41, 5.74) is 2.03. The monoisotopic (exact) mass is 414 g/mol. The van der Waals surface area contributed by atoms with Gasteiger partial charge in [0.1, 0.15) is 5.82 Å². The number of aliphatic hydroxyl groups is 1. The molecule has 160 valence electrons. The lowest BCUT2D eigenvalue weighted by Crippen LogP contribution is -2.34. The highest BCUT2D eigenvalue weighted by atomic mass is 19.1. The maximum atomic E-state index is 13.3. The van der Waals surface area contributed by atoms with E-state index in [1.54, 1.807) is 31.2 Å². The van der Waals surface area contributed by atoms with Gasteiger partial charge >= 0.3 is 0 Å². The van der Waals surface area contributed by atoms with Crippen LogP contribution in [0.4, 0.5) is 4.39 Å². The summed E-state index contributed by atoms with van der Waals surface area (Å²) in [5.74, 6) is 0.417. The van der Waals surface area contributed by atoms with Crippen molar-refractivity contribution in [2.45, 2.75) is 38.2 Å². The van der Waals surface area contributed by atoms with Crippen LogP contribution >= 0.6 is 0 Å². The smallest absolute Gasteiger partial charge is 0.170 e. The number of halogens is 1. The van der Waals surface area contributed by atoms with E-state index in [-0.39, 0.29) is 11.6 Å². The zero-order valence-electron chi connectivity index (χ0n) is 17.1. The quantitative estimate of drug-likeness (QED) is 0.559. The van der Waals surface area contributed by atoms with Crippen molar-refractivity contribution < 1.29 is 23.9 Å². The third kappa shape index (κ3) is 4.42. The zero-order chi connectivity index (χ0) is 21.1. The highest BCUT2D eigenvalue weighted by Crippen LogP contribution is 2.35. The lowest BCUT2D eigenvalue weighted by molar-refractivity contribution is 0.178. The summed E-state index contributed by atoms with van der Waals surface area (Å²) >= 11 is 0. The Kier molecular flexibility index (Phi) is 6.20. The van der Waals surface area contributed by atoms with E-state index < -0.39 is 6.10 Å². The van der Waals surface area contributed by atoms with Crippen LogP contribution in [0.2, 0.25) is 0 Å². The molecular weight excluding hydrogens is 387 g/mol. The summed E-state index contributed by atoms with van der Waals surface area (Å²) in [5, 5.41) is 25.0. The summed E-state index contributed by atoms with van der Waals surface area (Å²) < 4.78 is 24.4. The SMILES string of the molecule is CC(O)c1cccc(O)c1OCCCN1CCC(c2noc3cc(F)ccc23)CC1. The summed E-state index contributed by atoms with van der Waals surface area (Å²) in [6, 6.07) is 9.60. The van der Waals surface area contributed by atoms with E-state index in [1.807, 2.05) is 0 Å². The number of phenolic OH excluding ortho intramolecular Hbond substituents is 1. The molecule has 0 amide bonds. The number of piperidine rings is 1. The molecule has 1 saturated heterocycles. The Bertz CT molecular complexity index is 996. The number of fused-ring (bicyclic) bond motifs is 1. The Balaban J connectivity index is 1.26. The van der Waals surface area contributed by atoms with Crippen LogP contribution < -0.4 is 4.74 Å². The molecule has 6 nitrogen and oxygen atoms in total. The van der Waals surface area contributed by atoms with Crippen LogP contribution in [0, 0.1) is 5.82 Å². The van der Waals surface area contributed by atoms with Crippen LogP contribution in [0.15, 0.2) is 40.9 Å². The van der Waals surface area contributed by atoms with Gasteiger partial charge in [-0.15, -0.1) is 0 Å². The van der Waals surface area contributed by atoms with Gasteiger partial charge < -0.3 is 24.4 Å². The van der Waals surface area contributed by atoms with Crippen LogP contribution in [-0.4, -0.2) is 46.5 Å². The van der Waals surface area contributed by atoms with Gasteiger partial charge in [0, 0.05) is 29.5 Å². The van der Waals surface area contributed by atoms with Gasteiger partial charge in [-0.1, -0.05) is 17.3 Å². The molecule has 1 aliphatic heterocycles. The zero-order valence-corrected chi connectivity index (χ0v) is 17.1. The number of likely N-dealkylation sites (tertiary alicyclic amines) is 1. The summed E-state index contributed by atoms with van der Waals surface area (Å²) in [6.45, 7) is 4.93. The number of rotatable bonds is 7. The second kappa shape index (κ2) is 9.02. The third-order valence-corrected chi connectivity index (χ3v) is 5.78. The molecule has 2 aromatic carbocycles. The highest BCUT2D eigenvalue weighted by molar-refractivity contribution is 5.79. The minimum Gasteiger partial charge on any atom is -0.504 e. The van der Waals surface area contributed by atoms with Crippen molar-refractivity contribution in [1.82, 2.24) is 10.1 Å². The van der Waals surface area contributed by atoms with Gasteiger partial charge in [-0.3, -0.25) is 0 Å². The van der Waals surface area contributed by atoms with Gasteiger partial charge in [-0.05, 0) is 57.5 Å². The Morgan fingerprint density at radius 3 is 2.83 bits per heavy atom. The van der Waals surface area contributed by atoms with Crippen molar-refractivity contribution in [2.75, 3.05) is 26.2 Å². The van der Waals surface area contributed by atoms with Gasteiger partial charge in [0.05, 0.1) is 18.4 Å². The van der Waals surface area contributed by atoms with Gasteiger partial charge in [0.2, 0.25) is 0 Å². The first-order chi connectivity index (χ1) is 14.5. The highest BCUT2D eigenvalue weighted by Gasteiger charge is 2.25. The molecule has 2 N–H and O–H groups in total. The Hall–Kier alpha value is -2.64. The lowest BCUT2D eigenvalue weighted by Gasteiger charge is -2.31. The van der Waals surface area contributed by atoms with Gasteiger partial charge in [-0.2, -0.15) is 0 Å². The molecule has 1 aliphatic rings. The van der Waals surface area contributed by atoms with E-state index in [9.17, 15) is 14.6 Å². The molecule has 30 heavy (non-hydrogen) atoms. The lowest BCUT2D eigenvalue weighted by atomic mass is 9.91. The first-order valence-corrected chi connectivity index (χ1v) is 10.4. The second-order valence-corrected chi connectivity index (χ2v) is 7.90. The second-order valence-electron chi connectivity index (χ2n) is 7.90. The van der Waals surface area contributed by atoms with Crippen molar-refractivity contribution in [1.29, 1.82) is 0 Å². The molecule has 1 fully saturated rings. The van der Waals surface area contributed by atoms with E-state index in [2.05, 4.69) is 10.1 Å². The molecule has 0 aliphatic carbocycles. The standard InChI is InChI=1S/C23H27FN2O4/c1-15(27)18-4-2-5-20(28)23(18)29-13-3-10-26-11-8-16(9-12-26)22-19-7-6-17(24)14-21(19)30-25-22/h2,4-7,14-16,27-28H,3,8-13H2,1H3. The Morgan fingerprint density at radius 1 is 1.27 bits per heavy atom. The molecule has 7 heteroatoms.